The quantitative estimate of drug-likeness (QED) is 0.802. The van der Waals surface area contributed by atoms with Gasteiger partial charge in [-0.15, -0.1) is 0 Å². The summed E-state index contributed by atoms with van der Waals surface area (Å²) in [6.45, 7) is 8.82. The lowest BCUT2D eigenvalue weighted by molar-refractivity contribution is 0.241. The lowest BCUT2D eigenvalue weighted by Gasteiger charge is -2.27. The van der Waals surface area contributed by atoms with E-state index in [4.69, 9.17) is 0 Å². The van der Waals surface area contributed by atoms with Crippen LogP contribution in [-0.4, -0.2) is 46.9 Å². The number of para-hydroxylation sites is 1. The lowest BCUT2D eigenvalue weighted by Crippen LogP contribution is -2.45. The van der Waals surface area contributed by atoms with Crippen LogP contribution in [0.25, 0.3) is 0 Å². The van der Waals surface area contributed by atoms with Crippen LogP contribution in [0.2, 0.25) is 0 Å². The Morgan fingerprint density at radius 1 is 1.22 bits per heavy atom. The van der Waals surface area contributed by atoms with E-state index in [1.165, 1.54) is 0 Å². The average Bonchev–Trinajstić information content (AvgIpc) is 2.51. The molecular formula is C17H29N3O2S. The van der Waals surface area contributed by atoms with E-state index < -0.39 is 10.8 Å². The highest BCUT2D eigenvalue weighted by Crippen LogP contribution is 2.13. The second-order valence-electron chi connectivity index (χ2n) is 6.59. The maximum absolute atomic E-state index is 11.9. The number of nitrogens with zero attached hydrogens (tertiary/aromatic N) is 1. The predicted molar refractivity (Wildman–Crippen MR) is 98.5 cm³/mol. The summed E-state index contributed by atoms with van der Waals surface area (Å²) in [5, 5.41) is 5.61. The summed E-state index contributed by atoms with van der Waals surface area (Å²) in [7, 11) is 1.06. The molecule has 6 heteroatoms. The highest BCUT2D eigenvalue weighted by Gasteiger charge is 2.19. The summed E-state index contributed by atoms with van der Waals surface area (Å²) >= 11 is 0. The van der Waals surface area contributed by atoms with Gasteiger partial charge in [-0.3, -0.25) is 4.21 Å². The van der Waals surface area contributed by atoms with Gasteiger partial charge in [0.2, 0.25) is 0 Å². The third kappa shape index (κ3) is 7.03. The Labute approximate surface area is 142 Å². The minimum absolute atomic E-state index is 0.173. The molecule has 0 saturated heterocycles. The summed E-state index contributed by atoms with van der Waals surface area (Å²) < 4.78 is 11.6. The van der Waals surface area contributed by atoms with Crippen LogP contribution in [0.1, 0.15) is 27.7 Å². The molecule has 1 aromatic carbocycles. The summed E-state index contributed by atoms with van der Waals surface area (Å²) in [6, 6.07) is 10.0. The molecule has 2 unspecified atom stereocenters. The molecule has 2 amide bonds. The maximum atomic E-state index is 11.9. The van der Waals surface area contributed by atoms with Crippen molar-refractivity contribution in [2.45, 2.75) is 38.5 Å². The van der Waals surface area contributed by atoms with Crippen LogP contribution in [0, 0.1) is 0 Å². The van der Waals surface area contributed by atoms with Gasteiger partial charge in [0.15, 0.2) is 0 Å². The zero-order valence-corrected chi connectivity index (χ0v) is 15.6. The highest BCUT2D eigenvalue weighted by atomic mass is 32.2. The van der Waals surface area contributed by atoms with Gasteiger partial charge in [-0.1, -0.05) is 18.2 Å². The van der Waals surface area contributed by atoms with Gasteiger partial charge in [-0.2, -0.15) is 0 Å². The Morgan fingerprint density at radius 2 is 1.83 bits per heavy atom. The van der Waals surface area contributed by atoms with Crippen molar-refractivity contribution >= 4 is 22.5 Å². The molecule has 5 nitrogen and oxygen atoms in total. The zero-order chi connectivity index (χ0) is 17.5. The van der Waals surface area contributed by atoms with E-state index in [9.17, 15) is 9.00 Å². The molecule has 0 spiro atoms. The number of nitrogens with one attached hydrogen (secondary N) is 2. The van der Waals surface area contributed by atoms with Gasteiger partial charge in [0.25, 0.3) is 0 Å². The summed E-state index contributed by atoms with van der Waals surface area (Å²) in [5.41, 5.74) is 1.11. The van der Waals surface area contributed by atoms with Gasteiger partial charge in [-0.25, -0.2) is 4.79 Å². The molecule has 0 aliphatic rings. The van der Waals surface area contributed by atoms with Crippen molar-refractivity contribution in [2.24, 2.45) is 0 Å². The molecule has 1 aromatic rings. The van der Waals surface area contributed by atoms with Crippen LogP contribution >= 0.6 is 0 Å². The second-order valence-corrected chi connectivity index (χ2v) is 8.92. The predicted octanol–water partition coefficient (Wildman–Crippen LogP) is 2.36. The molecule has 0 heterocycles. The number of urea groups is 1. The largest absolute Gasteiger partial charge is 0.370 e. The van der Waals surface area contributed by atoms with Crippen LogP contribution in [0.5, 0.6) is 0 Å². The number of benzene rings is 1. The third-order valence-electron chi connectivity index (χ3n) is 3.64. The molecule has 23 heavy (non-hydrogen) atoms. The van der Waals surface area contributed by atoms with Gasteiger partial charge in [-0.05, 0) is 39.8 Å². The Morgan fingerprint density at radius 3 is 2.39 bits per heavy atom. The topological polar surface area (TPSA) is 61.4 Å². The van der Waals surface area contributed by atoms with Crippen molar-refractivity contribution in [1.29, 1.82) is 0 Å². The number of carbonyl (C=O) groups excluding carboxylic acids is 1. The fraction of sp³-hybridized carbons (Fsp3) is 0.588. The molecule has 2 atom stereocenters. The molecule has 2 N–H and O–H groups in total. The standard InChI is InChI=1S/C17H29N3O2S/c1-14(20(5)15-9-7-6-8-10-15)13-19-16(21)18-11-12-23(22)17(2,3)4/h6-10,14H,11-13H2,1-5H3,(H2,18,19,21). The van der Waals surface area contributed by atoms with Crippen molar-refractivity contribution in [3.8, 4) is 0 Å². The van der Waals surface area contributed by atoms with E-state index in [1.54, 1.807) is 0 Å². The summed E-state index contributed by atoms with van der Waals surface area (Å²) in [4.78, 5) is 13.9. The third-order valence-corrected chi connectivity index (χ3v) is 5.58. The van der Waals surface area contributed by atoms with Gasteiger partial charge in [0.1, 0.15) is 0 Å². The van der Waals surface area contributed by atoms with E-state index in [1.807, 2.05) is 58.2 Å². The van der Waals surface area contributed by atoms with Crippen LogP contribution in [0.15, 0.2) is 30.3 Å². The van der Waals surface area contributed by atoms with Crippen molar-refractivity contribution in [3.05, 3.63) is 30.3 Å². The van der Waals surface area contributed by atoms with E-state index in [-0.39, 0.29) is 16.8 Å². The Kier molecular flexibility index (Phi) is 7.55. The van der Waals surface area contributed by atoms with E-state index in [0.717, 1.165) is 5.69 Å². The van der Waals surface area contributed by atoms with Crippen molar-refractivity contribution in [3.63, 3.8) is 0 Å². The first-order valence-electron chi connectivity index (χ1n) is 7.90. The Balaban J connectivity index is 2.29. The number of rotatable bonds is 7. The highest BCUT2D eigenvalue weighted by molar-refractivity contribution is 7.86. The summed E-state index contributed by atoms with van der Waals surface area (Å²) in [5.74, 6) is 0.469. The van der Waals surface area contributed by atoms with Crippen LogP contribution in [0.4, 0.5) is 10.5 Å². The Bertz CT molecular complexity index is 514. The minimum atomic E-state index is -0.949. The summed E-state index contributed by atoms with van der Waals surface area (Å²) in [6.07, 6.45) is 0. The number of hydrogen-bond donors (Lipinski definition) is 2. The fourth-order valence-corrected chi connectivity index (χ4v) is 2.82. The van der Waals surface area contributed by atoms with Crippen molar-refractivity contribution < 1.29 is 9.00 Å². The second kappa shape index (κ2) is 8.91. The average molecular weight is 340 g/mol. The SMILES string of the molecule is CC(CNC(=O)NCCS(=O)C(C)(C)C)N(C)c1ccccc1. The molecule has 0 saturated carbocycles. The fourth-order valence-electron chi connectivity index (χ4n) is 1.92. The molecule has 0 aliphatic carbocycles. The molecular weight excluding hydrogens is 310 g/mol. The molecule has 0 bridgehead atoms. The Hall–Kier alpha value is -1.56. The number of anilines is 1. The van der Waals surface area contributed by atoms with Crippen LogP contribution in [0.3, 0.4) is 0 Å². The number of carbonyl (C=O) groups is 1. The molecule has 130 valence electrons. The number of hydrogen-bond acceptors (Lipinski definition) is 3. The van der Waals surface area contributed by atoms with E-state index in [2.05, 4.69) is 22.5 Å². The molecule has 1 rings (SSSR count). The molecule has 0 aliphatic heterocycles. The first-order valence-corrected chi connectivity index (χ1v) is 9.21. The number of likely N-dealkylation sites (N-methyl/N-ethyl adjacent to an activating group) is 1. The molecule has 0 radical (unpaired) electrons. The van der Waals surface area contributed by atoms with Gasteiger partial charge < -0.3 is 15.5 Å². The normalized spacial score (nSPS) is 14.0. The van der Waals surface area contributed by atoms with Gasteiger partial charge in [0, 0.05) is 53.2 Å². The zero-order valence-electron chi connectivity index (χ0n) is 14.8. The van der Waals surface area contributed by atoms with E-state index >= 15 is 0 Å². The van der Waals surface area contributed by atoms with Gasteiger partial charge >= 0.3 is 6.03 Å². The molecule has 0 fully saturated rings. The van der Waals surface area contributed by atoms with Crippen LogP contribution in [-0.2, 0) is 10.8 Å². The first-order chi connectivity index (χ1) is 10.7. The minimum Gasteiger partial charge on any atom is -0.370 e. The smallest absolute Gasteiger partial charge is 0.314 e. The van der Waals surface area contributed by atoms with Crippen molar-refractivity contribution in [2.75, 3.05) is 30.8 Å². The number of amides is 2. The molecule has 0 aromatic heterocycles. The lowest BCUT2D eigenvalue weighted by atomic mass is 10.2. The van der Waals surface area contributed by atoms with E-state index in [0.29, 0.717) is 18.8 Å². The van der Waals surface area contributed by atoms with Crippen LogP contribution < -0.4 is 15.5 Å². The van der Waals surface area contributed by atoms with Gasteiger partial charge in [0.05, 0.1) is 0 Å². The first kappa shape index (κ1) is 19.5. The monoisotopic (exact) mass is 339 g/mol. The maximum Gasteiger partial charge on any atom is 0.314 e. The van der Waals surface area contributed by atoms with Crippen molar-refractivity contribution in [1.82, 2.24) is 10.6 Å².